The van der Waals surface area contributed by atoms with Crippen molar-refractivity contribution in [3.63, 3.8) is 0 Å². The van der Waals surface area contributed by atoms with E-state index in [4.69, 9.17) is 4.74 Å². The van der Waals surface area contributed by atoms with Crippen LogP contribution in [-0.2, 0) is 13.1 Å². The van der Waals surface area contributed by atoms with Crippen LogP contribution >= 0.6 is 11.3 Å². The van der Waals surface area contributed by atoms with Gasteiger partial charge in [0.05, 0.1) is 25.8 Å². The van der Waals surface area contributed by atoms with Gasteiger partial charge in [0.1, 0.15) is 5.75 Å². The van der Waals surface area contributed by atoms with E-state index >= 15 is 0 Å². The van der Waals surface area contributed by atoms with Gasteiger partial charge in [0.15, 0.2) is 0 Å². The quantitative estimate of drug-likeness (QED) is 0.517. The summed E-state index contributed by atoms with van der Waals surface area (Å²) in [6.07, 6.45) is 0. The highest BCUT2D eigenvalue weighted by Crippen LogP contribution is 2.24. The first kappa shape index (κ1) is 19.0. The van der Waals surface area contributed by atoms with Gasteiger partial charge in [-0.05, 0) is 23.6 Å². The SMILES string of the molecule is COc1ccccc1CN(Cc1cccs1)C(=O)c1cc(=O)[nH]c2ccccc12. The number of nitrogens with one attached hydrogen (secondary N) is 1. The summed E-state index contributed by atoms with van der Waals surface area (Å²) in [4.78, 5) is 31.4. The summed E-state index contributed by atoms with van der Waals surface area (Å²) in [6.45, 7) is 0.831. The van der Waals surface area contributed by atoms with E-state index in [1.165, 1.54) is 6.07 Å². The number of hydrogen-bond acceptors (Lipinski definition) is 4. The molecule has 4 rings (SSSR count). The van der Waals surface area contributed by atoms with Gasteiger partial charge in [0.2, 0.25) is 5.56 Å². The van der Waals surface area contributed by atoms with Gasteiger partial charge in [-0.3, -0.25) is 9.59 Å². The van der Waals surface area contributed by atoms with E-state index in [1.54, 1.807) is 29.4 Å². The average Bonchev–Trinajstić information content (AvgIpc) is 3.25. The van der Waals surface area contributed by atoms with Gasteiger partial charge in [-0.2, -0.15) is 0 Å². The number of methoxy groups -OCH3 is 1. The predicted octanol–water partition coefficient (Wildman–Crippen LogP) is 4.44. The Morgan fingerprint density at radius 2 is 1.83 bits per heavy atom. The molecule has 0 spiro atoms. The van der Waals surface area contributed by atoms with Crippen LogP contribution in [0.15, 0.2) is 76.9 Å². The van der Waals surface area contributed by atoms with Crippen molar-refractivity contribution in [1.29, 1.82) is 0 Å². The monoisotopic (exact) mass is 404 g/mol. The van der Waals surface area contributed by atoms with E-state index < -0.39 is 0 Å². The van der Waals surface area contributed by atoms with Crippen LogP contribution in [0.4, 0.5) is 0 Å². The van der Waals surface area contributed by atoms with Crippen molar-refractivity contribution >= 4 is 28.1 Å². The average molecular weight is 404 g/mol. The van der Waals surface area contributed by atoms with Gasteiger partial charge in [0.25, 0.3) is 5.91 Å². The minimum atomic E-state index is -0.291. The third kappa shape index (κ3) is 4.07. The maximum atomic E-state index is 13.6. The number of thiophene rings is 1. The molecule has 1 amide bonds. The Morgan fingerprint density at radius 3 is 2.62 bits per heavy atom. The van der Waals surface area contributed by atoms with Crippen molar-refractivity contribution in [2.45, 2.75) is 13.1 Å². The van der Waals surface area contributed by atoms with Crippen molar-refractivity contribution in [1.82, 2.24) is 9.88 Å². The van der Waals surface area contributed by atoms with Crippen LogP contribution in [0.5, 0.6) is 5.75 Å². The summed E-state index contributed by atoms with van der Waals surface area (Å²) in [7, 11) is 1.62. The molecular weight excluding hydrogens is 384 g/mol. The third-order valence-corrected chi connectivity index (χ3v) is 5.61. The number of fused-ring (bicyclic) bond motifs is 1. The molecule has 0 atom stereocenters. The van der Waals surface area contributed by atoms with Gasteiger partial charge in [0, 0.05) is 27.4 Å². The van der Waals surface area contributed by atoms with Gasteiger partial charge in [-0.1, -0.05) is 42.5 Å². The van der Waals surface area contributed by atoms with Crippen molar-refractivity contribution in [3.05, 3.63) is 98.5 Å². The lowest BCUT2D eigenvalue weighted by Crippen LogP contribution is -2.31. The van der Waals surface area contributed by atoms with E-state index in [-0.39, 0.29) is 11.5 Å². The molecule has 6 heteroatoms. The molecule has 4 aromatic rings. The van der Waals surface area contributed by atoms with Crippen LogP contribution < -0.4 is 10.3 Å². The number of ether oxygens (including phenoxy) is 1. The number of hydrogen-bond donors (Lipinski definition) is 1. The molecule has 0 aliphatic carbocycles. The number of H-pyrrole nitrogens is 1. The molecule has 0 radical (unpaired) electrons. The number of carbonyl (C=O) groups excluding carboxylic acids is 1. The summed E-state index contributed by atoms with van der Waals surface area (Å²) in [5, 5.41) is 2.72. The van der Waals surface area contributed by atoms with Crippen LogP contribution in [0.2, 0.25) is 0 Å². The van der Waals surface area contributed by atoms with Gasteiger partial charge < -0.3 is 14.6 Å². The van der Waals surface area contributed by atoms with Gasteiger partial charge in [-0.25, -0.2) is 0 Å². The second-order valence-electron chi connectivity index (χ2n) is 6.65. The topological polar surface area (TPSA) is 62.4 Å². The molecule has 0 aliphatic rings. The highest BCUT2D eigenvalue weighted by atomic mass is 32.1. The summed E-state index contributed by atoms with van der Waals surface area (Å²) < 4.78 is 5.47. The molecule has 0 aliphatic heterocycles. The predicted molar refractivity (Wildman–Crippen MR) is 115 cm³/mol. The summed E-state index contributed by atoms with van der Waals surface area (Å²) in [5.41, 5.74) is 1.67. The first-order valence-electron chi connectivity index (χ1n) is 9.21. The fraction of sp³-hybridized carbons (Fsp3) is 0.130. The van der Waals surface area contributed by atoms with Crippen LogP contribution in [0.25, 0.3) is 10.9 Å². The first-order chi connectivity index (χ1) is 14.2. The molecule has 2 aromatic carbocycles. The molecular formula is C23H20N2O3S. The maximum Gasteiger partial charge on any atom is 0.255 e. The molecule has 0 saturated heterocycles. The van der Waals surface area contributed by atoms with Gasteiger partial charge in [-0.15, -0.1) is 11.3 Å². The summed E-state index contributed by atoms with van der Waals surface area (Å²) in [5.74, 6) is 0.541. The molecule has 0 saturated carbocycles. The van der Waals surface area contributed by atoms with Crippen LogP contribution in [0.3, 0.4) is 0 Å². The first-order valence-corrected chi connectivity index (χ1v) is 10.1. The Hall–Kier alpha value is -3.38. The van der Waals surface area contributed by atoms with Crippen LogP contribution in [-0.4, -0.2) is 22.9 Å². The molecule has 29 heavy (non-hydrogen) atoms. The van der Waals surface area contributed by atoms with Crippen molar-refractivity contribution in [2.24, 2.45) is 0 Å². The Balaban J connectivity index is 1.77. The fourth-order valence-corrected chi connectivity index (χ4v) is 4.10. The maximum absolute atomic E-state index is 13.6. The number of carbonyl (C=O) groups is 1. The second-order valence-corrected chi connectivity index (χ2v) is 7.68. The van der Waals surface area contributed by atoms with Crippen molar-refractivity contribution in [3.8, 4) is 5.75 Å². The summed E-state index contributed by atoms with van der Waals surface area (Å²) >= 11 is 1.60. The number of amides is 1. The fourth-order valence-electron chi connectivity index (χ4n) is 3.38. The molecule has 1 N–H and O–H groups in total. The summed E-state index contributed by atoms with van der Waals surface area (Å²) in [6, 6.07) is 20.4. The van der Waals surface area contributed by atoms with Crippen molar-refractivity contribution in [2.75, 3.05) is 7.11 Å². The number of pyridine rings is 1. The number of benzene rings is 2. The number of rotatable bonds is 6. The van der Waals surface area contributed by atoms with Gasteiger partial charge >= 0.3 is 0 Å². The molecule has 0 unspecified atom stereocenters. The highest BCUT2D eigenvalue weighted by molar-refractivity contribution is 7.09. The lowest BCUT2D eigenvalue weighted by atomic mass is 10.1. The molecule has 5 nitrogen and oxygen atoms in total. The number of aromatic amines is 1. The molecule has 2 heterocycles. The number of aromatic nitrogens is 1. The van der Waals surface area contributed by atoms with E-state index in [0.717, 1.165) is 21.6 Å². The Kier molecular flexibility index (Phi) is 5.44. The minimum Gasteiger partial charge on any atom is -0.496 e. The Morgan fingerprint density at radius 1 is 1.03 bits per heavy atom. The number of para-hydroxylation sites is 2. The van der Waals surface area contributed by atoms with E-state index in [9.17, 15) is 9.59 Å². The molecule has 0 bridgehead atoms. The largest absolute Gasteiger partial charge is 0.496 e. The molecule has 2 aromatic heterocycles. The second kappa shape index (κ2) is 8.32. The highest BCUT2D eigenvalue weighted by Gasteiger charge is 2.21. The van der Waals surface area contributed by atoms with E-state index in [1.807, 2.05) is 60.0 Å². The van der Waals surface area contributed by atoms with E-state index in [2.05, 4.69) is 4.98 Å². The Bertz CT molecular complexity index is 1200. The zero-order valence-corrected chi connectivity index (χ0v) is 16.7. The lowest BCUT2D eigenvalue weighted by molar-refractivity contribution is 0.0732. The lowest BCUT2D eigenvalue weighted by Gasteiger charge is -2.24. The molecule has 146 valence electrons. The van der Waals surface area contributed by atoms with Crippen LogP contribution in [0.1, 0.15) is 20.8 Å². The smallest absolute Gasteiger partial charge is 0.255 e. The normalized spacial score (nSPS) is 10.8. The van der Waals surface area contributed by atoms with Crippen LogP contribution in [0, 0.1) is 0 Å². The molecule has 0 fully saturated rings. The zero-order chi connectivity index (χ0) is 20.2. The van der Waals surface area contributed by atoms with Crippen molar-refractivity contribution < 1.29 is 9.53 Å². The Labute approximate surface area is 172 Å². The number of nitrogens with zero attached hydrogens (tertiary/aromatic N) is 1. The van der Waals surface area contributed by atoms with E-state index in [0.29, 0.717) is 24.2 Å². The minimum absolute atomic E-state index is 0.188. The standard InChI is InChI=1S/C23H20N2O3S/c1-28-21-11-5-2-7-16(21)14-25(15-17-8-6-12-29-17)23(27)19-13-22(26)24-20-10-4-3-9-18(19)20/h2-13H,14-15H2,1H3,(H,24,26). The third-order valence-electron chi connectivity index (χ3n) is 4.75. The zero-order valence-electron chi connectivity index (χ0n) is 15.9.